The molecule has 0 radical (unpaired) electrons. The fourth-order valence-electron chi connectivity index (χ4n) is 4.49. The van der Waals surface area contributed by atoms with E-state index in [0.717, 1.165) is 16.7 Å². The summed E-state index contributed by atoms with van der Waals surface area (Å²) < 4.78 is 17.1. The van der Waals surface area contributed by atoms with Crippen molar-refractivity contribution in [3.8, 4) is 11.5 Å². The van der Waals surface area contributed by atoms with Crippen LogP contribution in [0, 0.1) is 13.8 Å². The normalized spacial score (nSPS) is 15.0. The highest BCUT2D eigenvalue weighted by atomic mass is 16.5. The monoisotopic (exact) mass is 455 g/mol. The van der Waals surface area contributed by atoms with E-state index < -0.39 is 6.04 Å². The molecule has 0 fully saturated rings. The highest BCUT2D eigenvalue weighted by Gasteiger charge is 2.43. The molecule has 0 N–H and O–H groups in total. The Hall–Kier alpha value is -4.06. The van der Waals surface area contributed by atoms with Gasteiger partial charge in [0.05, 0.1) is 30.7 Å². The topological polar surface area (TPSA) is 69.0 Å². The van der Waals surface area contributed by atoms with Crippen LogP contribution in [0.1, 0.15) is 45.8 Å². The highest BCUT2D eigenvalue weighted by Crippen LogP contribution is 2.42. The third kappa shape index (κ3) is 3.43. The molecule has 1 aliphatic rings. The van der Waals surface area contributed by atoms with Crippen LogP contribution in [0.4, 0.5) is 5.69 Å². The Morgan fingerprint density at radius 1 is 0.941 bits per heavy atom. The zero-order valence-electron chi connectivity index (χ0n) is 19.5. The van der Waals surface area contributed by atoms with E-state index in [4.69, 9.17) is 13.9 Å². The molecule has 0 aliphatic carbocycles. The minimum Gasteiger partial charge on any atom is -0.497 e. The van der Waals surface area contributed by atoms with Crippen molar-refractivity contribution in [2.45, 2.75) is 26.8 Å². The number of rotatable bonds is 5. The lowest BCUT2D eigenvalue weighted by molar-refractivity contribution is 0.0971. The standard InChI is InChI=1S/C28H25NO5/c1-5-33-20-11-9-19(10-12-20)29-25(18-7-6-8-21(15-18)32-4)24-26(30)22-13-16(2)17(3)14-23(22)34-27(24)28(29)31/h6-15,25H,5H2,1-4H3. The van der Waals surface area contributed by atoms with E-state index in [9.17, 15) is 9.59 Å². The summed E-state index contributed by atoms with van der Waals surface area (Å²) >= 11 is 0. The van der Waals surface area contributed by atoms with E-state index in [1.54, 1.807) is 12.0 Å². The molecular weight excluding hydrogens is 430 g/mol. The fourth-order valence-corrected chi connectivity index (χ4v) is 4.49. The predicted octanol–water partition coefficient (Wildman–Crippen LogP) is 5.57. The molecule has 1 aromatic heterocycles. The van der Waals surface area contributed by atoms with Gasteiger partial charge in [-0.05, 0) is 86.0 Å². The molecule has 1 amide bonds. The van der Waals surface area contributed by atoms with Crippen LogP contribution in [-0.2, 0) is 0 Å². The Bertz CT molecular complexity index is 1470. The minimum absolute atomic E-state index is 0.0717. The lowest BCUT2D eigenvalue weighted by Crippen LogP contribution is -2.29. The van der Waals surface area contributed by atoms with Gasteiger partial charge in [-0.3, -0.25) is 14.5 Å². The maximum atomic E-state index is 13.8. The number of aryl methyl sites for hydroxylation is 2. The van der Waals surface area contributed by atoms with Crippen molar-refractivity contribution in [2.75, 3.05) is 18.6 Å². The van der Waals surface area contributed by atoms with Gasteiger partial charge in [0.15, 0.2) is 5.43 Å². The molecule has 2 heterocycles. The van der Waals surface area contributed by atoms with Gasteiger partial charge < -0.3 is 13.9 Å². The molecule has 0 bridgehead atoms. The number of amides is 1. The number of anilines is 1. The molecule has 3 aromatic carbocycles. The van der Waals surface area contributed by atoms with Crippen molar-refractivity contribution < 1.29 is 18.7 Å². The van der Waals surface area contributed by atoms with Crippen molar-refractivity contribution in [1.82, 2.24) is 0 Å². The number of benzene rings is 3. The van der Waals surface area contributed by atoms with Gasteiger partial charge in [0, 0.05) is 5.69 Å². The Labute approximate surface area is 197 Å². The van der Waals surface area contributed by atoms with Gasteiger partial charge in [-0.15, -0.1) is 0 Å². The number of methoxy groups -OCH3 is 1. The number of carbonyl (C=O) groups is 1. The Kier molecular flexibility index (Phi) is 5.36. The summed E-state index contributed by atoms with van der Waals surface area (Å²) in [5.41, 5.74) is 3.94. The third-order valence-corrected chi connectivity index (χ3v) is 6.32. The van der Waals surface area contributed by atoms with Crippen LogP contribution < -0.4 is 19.8 Å². The number of nitrogens with zero attached hydrogens (tertiary/aromatic N) is 1. The fraction of sp³-hybridized carbons (Fsp3) is 0.214. The predicted molar refractivity (Wildman–Crippen MR) is 131 cm³/mol. The second kappa shape index (κ2) is 8.37. The van der Waals surface area contributed by atoms with Gasteiger partial charge in [-0.25, -0.2) is 0 Å². The average molecular weight is 456 g/mol. The molecule has 172 valence electrons. The first-order valence-electron chi connectivity index (χ1n) is 11.2. The van der Waals surface area contributed by atoms with Crippen molar-refractivity contribution >= 4 is 22.6 Å². The van der Waals surface area contributed by atoms with Gasteiger partial charge in [-0.2, -0.15) is 0 Å². The van der Waals surface area contributed by atoms with E-state index >= 15 is 0 Å². The first kappa shape index (κ1) is 21.8. The van der Waals surface area contributed by atoms with Crippen LogP contribution in [0.2, 0.25) is 0 Å². The lowest BCUT2D eigenvalue weighted by Gasteiger charge is -2.25. The van der Waals surface area contributed by atoms with E-state index in [2.05, 4.69) is 0 Å². The molecule has 1 unspecified atom stereocenters. The smallest absolute Gasteiger partial charge is 0.295 e. The Morgan fingerprint density at radius 2 is 1.68 bits per heavy atom. The molecule has 6 heteroatoms. The van der Waals surface area contributed by atoms with Gasteiger partial charge in [0.1, 0.15) is 17.1 Å². The molecule has 4 aromatic rings. The van der Waals surface area contributed by atoms with Crippen LogP contribution in [-0.4, -0.2) is 19.6 Å². The van der Waals surface area contributed by atoms with Crippen LogP contribution in [0.15, 0.2) is 69.9 Å². The zero-order chi connectivity index (χ0) is 24.0. The number of ether oxygens (including phenoxy) is 2. The van der Waals surface area contributed by atoms with Crippen molar-refractivity contribution in [3.05, 3.63) is 98.9 Å². The van der Waals surface area contributed by atoms with E-state index in [-0.39, 0.29) is 17.1 Å². The molecule has 0 spiro atoms. The van der Waals surface area contributed by atoms with Crippen molar-refractivity contribution in [1.29, 1.82) is 0 Å². The second-order valence-corrected chi connectivity index (χ2v) is 8.39. The van der Waals surface area contributed by atoms with Crippen molar-refractivity contribution in [3.63, 3.8) is 0 Å². The molecule has 1 aliphatic heterocycles. The summed E-state index contributed by atoms with van der Waals surface area (Å²) in [7, 11) is 1.59. The molecule has 5 rings (SSSR count). The van der Waals surface area contributed by atoms with Crippen LogP contribution in [0.5, 0.6) is 11.5 Å². The van der Waals surface area contributed by atoms with E-state index in [0.29, 0.717) is 40.3 Å². The third-order valence-electron chi connectivity index (χ3n) is 6.32. The first-order valence-corrected chi connectivity index (χ1v) is 11.2. The summed E-state index contributed by atoms with van der Waals surface area (Å²) in [5.74, 6) is 1.06. The summed E-state index contributed by atoms with van der Waals surface area (Å²) in [4.78, 5) is 29.1. The van der Waals surface area contributed by atoms with Crippen LogP contribution in [0.3, 0.4) is 0 Å². The molecule has 1 atom stereocenters. The number of fused-ring (bicyclic) bond motifs is 2. The number of carbonyl (C=O) groups excluding carboxylic acids is 1. The second-order valence-electron chi connectivity index (χ2n) is 8.39. The molecule has 0 saturated heterocycles. The summed E-state index contributed by atoms with van der Waals surface area (Å²) in [5, 5.41) is 0.469. The van der Waals surface area contributed by atoms with Crippen LogP contribution in [0.25, 0.3) is 11.0 Å². The quantitative estimate of drug-likeness (QED) is 0.394. The van der Waals surface area contributed by atoms with Crippen molar-refractivity contribution in [2.24, 2.45) is 0 Å². The SMILES string of the molecule is CCOc1ccc(N2C(=O)c3oc4cc(C)c(C)cc4c(=O)c3C2c2cccc(OC)c2)cc1. The number of hydrogen-bond donors (Lipinski definition) is 0. The van der Waals surface area contributed by atoms with E-state index in [1.807, 2.05) is 81.4 Å². The molecule has 6 nitrogen and oxygen atoms in total. The largest absolute Gasteiger partial charge is 0.497 e. The van der Waals surface area contributed by atoms with Gasteiger partial charge in [0.2, 0.25) is 5.76 Å². The maximum absolute atomic E-state index is 13.8. The molecule has 34 heavy (non-hydrogen) atoms. The summed E-state index contributed by atoms with van der Waals surface area (Å²) in [6, 6.07) is 17.7. The van der Waals surface area contributed by atoms with Gasteiger partial charge in [-0.1, -0.05) is 12.1 Å². The van der Waals surface area contributed by atoms with Gasteiger partial charge in [0.25, 0.3) is 5.91 Å². The Morgan fingerprint density at radius 3 is 2.38 bits per heavy atom. The first-order chi connectivity index (χ1) is 16.4. The number of hydrogen-bond acceptors (Lipinski definition) is 5. The maximum Gasteiger partial charge on any atom is 0.295 e. The highest BCUT2D eigenvalue weighted by molar-refractivity contribution is 6.10. The molecular formula is C28H25NO5. The van der Waals surface area contributed by atoms with Gasteiger partial charge >= 0.3 is 0 Å². The van der Waals surface area contributed by atoms with E-state index in [1.165, 1.54) is 0 Å². The molecule has 0 saturated carbocycles. The lowest BCUT2D eigenvalue weighted by atomic mass is 9.97. The zero-order valence-corrected chi connectivity index (χ0v) is 19.5. The summed E-state index contributed by atoms with van der Waals surface area (Å²) in [6.45, 7) is 6.37. The average Bonchev–Trinajstić information content (AvgIpc) is 3.14. The summed E-state index contributed by atoms with van der Waals surface area (Å²) in [6.07, 6.45) is 0. The van der Waals surface area contributed by atoms with Crippen LogP contribution >= 0.6 is 0 Å². The minimum atomic E-state index is -0.655. The Balaban J connectivity index is 1.76.